The molecule has 1 aliphatic rings. The number of nitrogens with zero attached hydrogens (tertiary/aromatic N) is 3. The summed E-state index contributed by atoms with van der Waals surface area (Å²) in [5.41, 5.74) is 4.70. The van der Waals surface area contributed by atoms with E-state index in [-0.39, 0.29) is 36.9 Å². The summed E-state index contributed by atoms with van der Waals surface area (Å²) in [5, 5.41) is 13.5. The molecular formula is C32H38Cl2N6O3S. The van der Waals surface area contributed by atoms with Gasteiger partial charge < -0.3 is 10.6 Å². The number of hydrogen-bond acceptors (Lipinski definition) is 6. The number of amides is 3. The molecule has 2 aromatic heterocycles. The molecule has 12 heteroatoms. The fourth-order valence-corrected chi connectivity index (χ4v) is 6.28. The molecule has 0 spiro atoms. The third-order valence-electron chi connectivity index (χ3n) is 7.15. The van der Waals surface area contributed by atoms with Gasteiger partial charge in [0.25, 0.3) is 5.91 Å². The zero-order valence-corrected chi connectivity index (χ0v) is 27.6. The van der Waals surface area contributed by atoms with Crippen molar-refractivity contribution in [3.63, 3.8) is 0 Å². The van der Waals surface area contributed by atoms with Crippen LogP contribution in [-0.2, 0) is 9.59 Å². The van der Waals surface area contributed by atoms with Gasteiger partial charge in [-0.05, 0) is 49.6 Å². The van der Waals surface area contributed by atoms with Gasteiger partial charge >= 0.3 is 0 Å². The summed E-state index contributed by atoms with van der Waals surface area (Å²) in [6.45, 7) is 7.10. The lowest BCUT2D eigenvalue weighted by Gasteiger charge is -2.27. The molecule has 1 aromatic carbocycles. The van der Waals surface area contributed by atoms with Gasteiger partial charge in [0.05, 0.1) is 32.2 Å². The van der Waals surface area contributed by atoms with E-state index in [1.807, 2.05) is 17.1 Å². The maximum absolute atomic E-state index is 14.0. The summed E-state index contributed by atoms with van der Waals surface area (Å²) < 4.78 is 1.63. The number of thiophene rings is 1. The number of halogens is 2. The maximum Gasteiger partial charge on any atom is 0.286 e. The number of carbonyl (C=O) groups excluding carboxylic acids is 3. The average molecular weight is 658 g/mol. The molecule has 1 atom stereocenters. The molecule has 3 heterocycles. The van der Waals surface area contributed by atoms with Crippen molar-refractivity contribution in [2.45, 2.75) is 71.8 Å². The Labute approximate surface area is 272 Å². The van der Waals surface area contributed by atoms with Crippen molar-refractivity contribution in [3.05, 3.63) is 56.5 Å². The van der Waals surface area contributed by atoms with Crippen LogP contribution in [0.1, 0.15) is 92.7 Å². The van der Waals surface area contributed by atoms with Crippen molar-refractivity contribution in [2.75, 3.05) is 19.6 Å². The van der Waals surface area contributed by atoms with Crippen molar-refractivity contribution in [2.24, 2.45) is 0 Å². The first-order valence-corrected chi connectivity index (χ1v) is 16.6. The summed E-state index contributed by atoms with van der Waals surface area (Å²) in [4.78, 5) is 40.9. The lowest BCUT2D eigenvalue weighted by atomic mass is 10.0. The highest BCUT2D eigenvalue weighted by atomic mass is 35.5. The van der Waals surface area contributed by atoms with Crippen molar-refractivity contribution < 1.29 is 14.4 Å². The van der Waals surface area contributed by atoms with E-state index in [4.69, 9.17) is 28.3 Å². The van der Waals surface area contributed by atoms with Crippen molar-refractivity contribution in [1.29, 1.82) is 0 Å². The van der Waals surface area contributed by atoms with Crippen LogP contribution in [0.25, 0.3) is 16.3 Å². The lowest BCUT2D eigenvalue weighted by molar-refractivity contribution is -0.123. The molecule has 3 amide bonds. The Hall–Kier alpha value is -3.36. The number of unbranched alkanes of at least 4 members (excludes halogenated alkanes) is 1. The second-order valence-electron chi connectivity index (χ2n) is 10.5. The molecule has 0 aliphatic carbocycles. The zero-order valence-electron chi connectivity index (χ0n) is 25.3. The Balaban J connectivity index is 1.97. The second-order valence-corrected chi connectivity index (χ2v) is 12.4. The zero-order chi connectivity index (χ0) is 31.6. The summed E-state index contributed by atoms with van der Waals surface area (Å²) >= 11 is 14.4. The summed E-state index contributed by atoms with van der Waals surface area (Å²) in [7, 11) is 0. The summed E-state index contributed by atoms with van der Waals surface area (Å²) in [6, 6.07) is 8.15. The van der Waals surface area contributed by atoms with Crippen LogP contribution in [0, 0.1) is 11.8 Å². The molecule has 3 N–H and O–H groups in total. The number of rotatable bonds is 11. The van der Waals surface area contributed by atoms with Gasteiger partial charge in [-0.25, -0.2) is 9.69 Å². The SMILES string of the molecule is CCCC#Cc1ccc(-c2c(C(CNC(=O)CC)NC(=O)CC)c(C(=O)NN3CCCCC3)nn2-c2ccc(Cl)cc2Cl)s1. The predicted molar refractivity (Wildman–Crippen MR) is 176 cm³/mol. The molecule has 234 valence electrons. The monoisotopic (exact) mass is 656 g/mol. The fourth-order valence-electron chi connectivity index (χ4n) is 4.86. The number of benzene rings is 1. The van der Waals surface area contributed by atoms with E-state index in [1.54, 1.807) is 36.7 Å². The van der Waals surface area contributed by atoms with Crippen molar-refractivity contribution in [3.8, 4) is 28.1 Å². The van der Waals surface area contributed by atoms with Crippen LogP contribution in [-0.4, -0.2) is 52.1 Å². The van der Waals surface area contributed by atoms with Gasteiger partial charge in [0, 0.05) is 49.5 Å². The van der Waals surface area contributed by atoms with E-state index in [1.165, 1.54) is 11.3 Å². The van der Waals surface area contributed by atoms with Gasteiger partial charge in [0.15, 0.2) is 5.69 Å². The number of hydrogen-bond donors (Lipinski definition) is 3. The van der Waals surface area contributed by atoms with E-state index in [0.29, 0.717) is 27.0 Å². The number of nitrogens with one attached hydrogen (secondary N) is 3. The predicted octanol–water partition coefficient (Wildman–Crippen LogP) is 6.28. The normalized spacial score (nSPS) is 13.9. The molecule has 1 fully saturated rings. The van der Waals surface area contributed by atoms with Crippen LogP contribution in [0.3, 0.4) is 0 Å². The van der Waals surface area contributed by atoms with Crippen molar-refractivity contribution >= 4 is 52.3 Å². The average Bonchev–Trinajstić information content (AvgIpc) is 3.64. The Kier molecular flexibility index (Phi) is 12.3. The smallest absolute Gasteiger partial charge is 0.286 e. The lowest BCUT2D eigenvalue weighted by Crippen LogP contribution is -2.46. The Morgan fingerprint density at radius 1 is 1.02 bits per heavy atom. The number of carbonyl (C=O) groups is 3. The number of piperidine rings is 1. The first-order chi connectivity index (χ1) is 21.2. The van der Waals surface area contributed by atoms with E-state index >= 15 is 0 Å². The highest BCUT2D eigenvalue weighted by molar-refractivity contribution is 7.16. The Morgan fingerprint density at radius 3 is 2.45 bits per heavy atom. The van der Waals surface area contributed by atoms with Crippen LogP contribution in [0.4, 0.5) is 0 Å². The van der Waals surface area contributed by atoms with E-state index in [2.05, 4.69) is 34.8 Å². The molecule has 4 rings (SSSR count). The van der Waals surface area contributed by atoms with Crippen LogP contribution >= 0.6 is 34.5 Å². The molecule has 3 aromatic rings. The summed E-state index contributed by atoms with van der Waals surface area (Å²) in [5.74, 6) is 5.58. The number of aromatic nitrogens is 2. The quantitative estimate of drug-likeness (QED) is 0.210. The van der Waals surface area contributed by atoms with Gasteiger partial charge in [0.1, 0.15) is 0 Å². The van der Waals surface area contributed by atoms with Crippen LogP contribution < -0.4 is 16.1 Å². The van der Waals surface area contributed by atoms with Crippen LogP contribution in [0.2, 0.25) is 10.0 Å². The molecule has 0 bridgehead atoms. The summed E-state index contributed by atoms with van der Waals surface area (Å²) in [6.07, 6.45) is 5.28. The van der Waals surface area contributed by atoms with Crippen LogP contribution in [0.5, 0.6) is 0 Å². The minimum absolute atomic E-state index is 0.0595. The van der Waals surface area contributed by atoms with Crippen LogP contribution in [0.15, 0.2) is 30.3 Å². The largest absolute Gasteiger partial charge is 0.354 e. The van der Waals surface area contributed by atoms with Gasteiger partial charge in [-0.2, -0.15) is 5.10 Å². The first kappa shape index (κ1) is 33.5. The molecule has 44 heavy (non-hydrogen) atoms. The van der Waals surface area contributed by atoms with Gasteiger partial charge in [-0.1, -0.05) is 62.2 Å². The first-order valence-electron chi connectivity index (χ1n) is 15.0. The Morgan fingerprint density at radius 2 is 1.77 bits per heavy atom. The Bertz CT molecular complexity index is 1550. The van der Waals surface area contributed by atoms with E-state index < -0.39 is 11.9 Å². The molecule has 0 saturated carbocycles. The fraction of sp³-hybridized carbons (Fsp3) is 0.438. The van der Waals surface area contributed by atoms with E-state index in [0.717, 1.165) is 54.9 Å². The third kappa shape index (κ3) is 8.42. The maximum atomic E-state index is 14.0. The van der Waals surface area contributed by atoms with Gasteiger partial charge in [-0.15, -0.1) is 11.3 Å². The molecular weight excluding hydrogens is 619 g/mol. The standard InChI is InChI=1S/C32H38Cl2N6O3S/c1-4-7-9-12-22-14-16-26(44-22)31-29(24(36-28(42)6-3)20-35-27(41)5-2)30(32(43)38-39-17-10-8-11-18-39)37-40(31)25-15-13-21(33)19-23(25)34/h13-16,19,24H,4-8,10-11,17-18,20H2,1-3H3,(H,35,41)(H,36,42)(H,38,43). The minimum Gasteiger partial charge on any atom is -0.354 e. The number of hydrazine groups is 1. The third-order valence-corrected chi connectivity index (χ3v) is 8.69. The van der Waals surface area contributed by atoms with Crippen molar-refractivity contribution in [1.82, 2.24) is 30.8 Å². The molecule has 0 radical (unpaired) electrons. The molecule has 1 saturated heterocycles. The molecule has 9 nitrogen and oxygen atoms in total. The van der Waals surface area contributed by atoms with E-state index in [9.17, 15) is 14.4 Å². The minimum atomic E-state index is -0.772. The highest BCUT2D eigenvalue weighted by Crippen LogP contribution is 2.39. The van der Waals surface area contributed by atoms with Gasteiger partial charge in [0.2, 0.25) is 11.8 Å². The van der Waals surface area contributed by atoms with Gasteiger partial charge in [-0.3, -0.25) is 19.8 Å². The molecule has 1 aliphatic heterocycles. The molecule has 1 unspecified atom stereocenters. The topological polar surface area (TPSA) is 108 Å². The second kappa shape index (κ2) is 16.1. The highest BCUT2D eigenvalue weighted by Gasteiger charge is 2.33.